The van der Waals surface area contributed by atoms with Gasteiger partial charge in [-0.05, 0) is 63.4 Å². The summed E-state index contributed by atoms with van der Waals surface area (Å²) in [6.07, 6.45) is -3.94. The van der Waals surface area contributed by atoms with Crippen LogP contribution in [0.5, 0.6) is 0 Å². The summed E-state index contributed by atoms with van der Waals surface area (Å²) < 4.78 is 52.8. The van der Waals surface area contributed by atoms with E-state index in [4.69, 9.17) is 0 Å². The van der Waals surface area contributed by atoms with Crippen LogP contribution in [0.4, 0.5) is 24.7 Å². The number of rotatable bonds is 6. The molecule has 0 aliphatic rings. The Kier molecular flexibility index (Phi) is 6.33. The Hall–Kier alpha value is -2.93. The third kappa shape index (κ3) is 4.78. The Balaban J connectivity index is 2.13. The van der Waals surface area contributed by atoms with Crippen molar-refractivity contribution in [3.05, 3.63) is 52.8 Å². The molecule has 3 aromatic rings. The van der Waals surface area contributed by atoms with Gasteiger partial charge in [-0.25, -0.2) is 9.97 Å². The topological polar surface area (TPSA) is 84.0 Å². The molecule has 0 aliphatic heterocycles. The number of fused-ring (bicyclic) bond motifs is 1. The number of aryl methyl sites for hydroxylation is 1. The van der Waals surface area contributed by atoms with Crippen LogP contribution in [0.15, 0.2) is 30.3 Å². The maximum atomic E-state index is 13.3. The number of hydrogen-bond donors (Lipinski definition) is 2. The highest BCUT2D eigenvalue weighted by Gasteiger charge is 2.33. The number of halogens is 3. The van der Waals surface area contributed by atoms with E-state index in [2.05, 4.69) is 20.6 Å². The number of anilines is 2. The van der Waals surface area contributed by atoms with Gasteiger partial charge in [0.15, 0.2) is 0 Å². The molecular formula is C22H24F3N4O2P. The van der Waals surface area contributed by atoms with Gasteiger partial charge < -0.3 is 15.2 Å². The van der Waals surface area contributed by atoms with Crippen LogP contribution in [-0.2, 0) is 15.5 Å². The molecule has 0 saturated heterocycles. The van der Waals surface area contributed by atoms with E-state index in [0.29, 0.717) is 45.5 Å². The van der Waals surface area contributed by atoms with Gasteiger partial charge in [0.2, 0.25) is 6.41 Å². The number of carbonyl (C=O) groups is 1. The number of aromatic nitrogens is 2. The monoisotopic (exact) mass is 464 g/mol. The minimum Gasteiger partial charge on any atom is -0.363 e. The smallest absolute Gasteiger partial charge is 0.363 e. The minimum absolute atomic E-state index is 0.139. The molecule has 3 rings (SSSR count). The van der Waals surface area contributed by atoms with Crippen molar-refractivity contribution in [2.75, 3.05) is 24.0 Å². The highest BCUT2D eigenvalue weighted by Crippen LogP contribution is 2.40. The Labute approximate surface area is 184 Å². The molecule has 1 heterocycles. The summed E-state index contributed by atoms with van der Waals surface area (Å²) in [5.41, 5.74) is 0.846. The van der Waals surface area contributed by atoms with Gasteiger partial charge in [-0.3, -0.25) is 4.79 Å². The Morgan fingerprint density at radius 3 is 2.41 bits per heavy atom. The lowest BCUT2D eigenvalue weighted by Crippen LogP contribution is -2.16. The van der Waals surface area contributed by atoms with E-state index in [1.807, 2.05) is 0 Å². The highest BCUT2D eigenvalue weighted by molar-refractivity contribution is 7.70. The van der Waals surface area contributed by atoms with Gasteiger partial charge in [-0.15, -0.1) is 0 Å². The van der Waals surface area contributed by atoms with E-state index in [1.54, 1.807) is 45.4 Å². The van der Waals surface area contributed by atoms with Crippen LogP contribution >= 0.6 is 7.14 Å². The Morgan fingerprint density at radius 1 is 1.12 bits per heavy atom. The molecule has 0 unspecified atom stereocenters. The zero-order valence-corrected chi connectivity index (χ0v) is 19.2. The van der Waals surface area contributed by atoms with Crippen LogP contribution in [0, 0.1) is 13.8 Å². The fourth-order valence-electron chi connectivity index (χ4n) is 3.73. The second-order valence-corrected chi connectivity index (χ2v) is 11.2. The predicted octanol–water partition coefficient (Wildman–Crippen LogP) is 5.25. The number of benzene rings is 2. The molecule has 0 bridgehead atoms. The molecule has 170 valence electrons. The largest absolute Gasteiger partial charge is 0.416 e. The summed E-state index contributed by atoms with van der Waals surface area (Å²) in [7, 11) is -2.78. The van der Waals surface area contributed by atoms with Crippen molar-refractivity contribution in [3.8, 4) is 0 Å². The number of amides is 1. The van der Waals surface area contributed by atoms with Crippen molar-refractivity contribution in [2.24, 2.45) is 0 Å². The summed E-state index contributed by atoms with van der Waals surface area (Å²) in [4.78, 5) is 19.9. The number of alkyl halides is 3. The Bertz CT molecular complexity index is 1240. The van der Waals surface area contributed by atoms with Gasteiger partial charge in [0.05, 0.1) is 22.8 Å². The van der Waals surface area contributed by atoms with Crippen LogP contribution in [-0.4, -0.2) is 29.7 Å². The number of nitrogens with zero attached hydrogens (tertiary/aromatic N) is 2. The second kappa shape index (κ2) is 8.54. The minimum atomic E-state index is -4.45. The summed E-state index contributed by atoms with van der Waals surface area (Å²) >= 11 is 0. The number of nitrogens with one attached hydrogen (secondary N) is 2. The van der Waals surface area contributed by atoms with Crippen LogP contribution in [0.3, 0.4) is 0 Å². The van der Waals surface area contributed by atoms with E-state index in [9.17, 15) is 22.5 Å². The number of carbonyl (C=O) groups excluding carboxylic acids is 1. The zero-order valence-electron chi connectivity index (χ0n) is 18.3. The van der Waals surface area contributed by atoms with Gasteiger partial charge in [-0.1, -0.05) is 12.1 Å². The van der Waals surface area contributed by atoms with Crippen molar-refractivity contribution < 1.29 is 22.5 Å². The van der Waals surface area contributed by atoms with Crippen molar-refractivity contribution in [2.45, 2.75) is 33.0 Å². The molecule has 32 heavy (non-hydrogen) atoms. The lowest BCUT2D eigenvalue weighted by molar-refractivity contribution is -0.138. The first kappa shape index (κ1) is 23.7. The molecule has 0 fully saturated rings. The molecule has 1 amide bonds. The van der Waals surface area contributed by atoms with E-state index >= 15 is 0 Å². The SMILES string of the molecule is Cc1nc(N[C@H](C)c2cccc(C(F)(F)F)c2C)c2cc(P(C)(C)=O)c(NC=O)cc2n1. The average Bonchev–Trinajstić information content (AvgIpc) is 2.65. The molecule has 2 aromatic carbocycles. The van der Waals surface area contributed by atoms with Crippen LogP contribution in [0.25, 0.3) is 10.9 Å². The van der Waals surface area contributed by atoms with Crippen molar-refractivity contribution in [3.63, 3.8) is 0 Å². The molecule has 1 atom stereocenters. The zero-order chi connectivity index (χ0) is 23.8. The van der Waals surface area contributed by atoms with Gasteiger partial charge in [0.25, 0.3) is 0 Å². The van der Waals surface area contributed by atoms with E-state index in [1.165, 1.54) is 13.0 Å². The van der Waals surface area contributed by atoms with Crippen molar-refractivity contribution in [1.82, 2.24) is 9.97 Å². The van der Waals surface area contributed by atoms with Gasteiger partial charge in [-0.2, -0.15) is 13.2 Å². The first-order valence-corrected chi connectivity index (χ1v) is 12.4. The van der Waals surface area contributed by atoms with E-state index in [0.717, 1.165) is 6.07 Å². The van der Waals surface area contributed by atoms with E-state index in [-0.39, 0.29) is 5.56 Å². The maximum Gasteiger partial charge on any atom is 0.416 e. The number of hydrogen-bond acceptors (Lipinski definition) is 5. The molecule has 0 aliphatic carbocycles. The van der Waals surface area contributed by atoms with Gasteiger partial charge >= 0.3 is 6.18 Å². The third-order valence-corrected chi connectivity index (χ3v) is 6.75. The average molecular weight is 464 g/mol. The van der Waals surface area contributed by atoms with Gasteiger partial charge in [0.1, 0.15) is 18.8 Å². The normalized spacial score (nSPS) is 13.1. The molecule has 6 nitrogen and oxygen atoms in total. The molecule has 1 aromatic heterocycles. The van der Waals surface area contributed by atoms with Crippen LogP contribution in [0.2, 0.25) is 0 Å². The first-order chi connectivity index (χ1) is 14.8. The summed E-state index contributed by atoms with van der Waals surface area (Å²) in [5, 5.41) is 6.77. The maximum absolute atomic E-state index is 13.3. The second-order valence-electron chi connectivity index (χ2n) is 8.00. The first-order valence-electron chi connectivity index (χ1n) is 9.84. The predicted molar refractivity (Wildman–Crippen MR) is 121 cm³/mol. The van der Waals surface area contributed by atoms with Crippen LogP contribution in [0.1, 0.15) is 35.5 Å². The Morgan fingerprint density at radius 2 is 1.81 bits per heavy atom. The van der Waals surface area contributed by atoms with Crippen molar-refractivity contribution >= 4 is 41.3 Å². The molecule has 10 heteroatoms. The lowest BCUT2D eigenvalue weighted by Gasteiger charge is -2.22. The van der Waals surface area contributed by atoms with E-state index < -0.39 is 24.9 Å². The molecule has 0 saturated carbocycles. The van der Waals surface area contributed by atoms with Gasteiger partial charge in [0, 0.05) is 10.7 Å². The molecule has 2 N–H and O–H groups in total. The quantitative estimate of drug-likeness (QED) is 0.384. The summed E-state index contributed by atoms with van der Waals surface area (Å²) in [6, 6.07) is 6.87. The van der Waals surface area contributed by atoms with Crippen molar-refractivity contribution in [1.29, 1.82) is 0 Å². The summed E-state index contributed by atoms with van der Waals surface area (Å²) in [6.45, 7) is 8.05. The molecule has 0 radical (unpaired) electrons. The standard InChI is InChI=1S/C22H24F3N4O2P/c1-12-15(7-6-8-17(12)22(23,24)25)13(2)27-21-16-9-20(32(4,5)31)19(26-11-30)10-18(16)28-14(3)29-21/h6-11,13H,1-5H3,(H,26,30)(H,27,28,29)/t13-/m1/s1. The fraction of sp³-hybridized carbons (Fsp3) is 0.318. The lowest BCUT2D eigenvalue weighted by atomic mass is 9.97. The molecular weight excluding hydrogens is 440 g/mol. The highest BCUT2D eigenvalue weighted by atomic mass is 31.2. The van der Waals surface area contributed by atoms with Crippen LogP contribution < -0.4 is 15.9 Å². The fourth-order valence-corrected chi connectivity index (χ4v) is 4.88. The summed E-state index contributed by atoms with van der Waals surface area (Å²) in [5.74, 6) is 0.845. The third-order valence-electron chi connectivity index (χ3n) is 5.22. The molecule has 0 spiro atoms.